The summed E-state index contributed by atoms with van der Waals surface area (Å²) in [6.07, 6.45) is 0. The van der Waals surface area contributed by atoms with Crippen LogP contribution in [0.2, 0.25) is 0 Å². The summed E-state index contributed by atoms with van der Waals surface area (Å²) in [7, 11) is 3.01. The molecule has 0 aromatic rings. The lowest BCUT2D eigenvalue weighted by Gasteiger charge is -2.09. The highest BCUT2D eigenvalue weighted by atomic mass is 16.6. The lowest BCUT2D eigenvalue weighted by atomic mass is 10.3. The summed E-state index contributed by atoms with van der Waals surface area (Å²) in [5.74, 6) is -1.14. The van der Waals surface area contributed by atoms with Gasteiger partial charge < -0.3 is 23.7 Å². The van der Waals surface area contributed by atoms with Gasteiger partial charge in [0.25, 0.3) is 0 Å². The normalized spacial score (nSPS) is 10.0. The number of hydrogen-bond acceptors (Lipinski definition) is 7. The Labute approximate surface area is 124 Å². The summed E-state index contributed by atoms with van der Waals surface area (Å²) in [6, 6.07) is 0. The van der Waals surface area contributed by atoms with E-state index in [1.54, 1.807) is 0 Å². The van der Waals surface area contributed by atoms with Gasteiger partial charge in [-0.1, -0.05) is 13.2 Å². The summed E-state index contributed by atoms with van der Waals surface area (Å²) in [6.45, 7) is 7.86. The van der Waals surface area contributed by atoms with Crippen molar-refractivity contribution in [2.45, 2.75) is 0 Å². The first-order valence-electron chi connectivity index (χ1n) is 6.28. The third-order valence-corrected chi connectivity index (χ3v) is 2.17. The Morgan fingerprint density at radius 1 is 0.762 bits per heavy atom. The van der Waals surface area contributed by atoms with Crippen molar-refractivity contribution in [2.75, 3.05) is 53.9 Å². The SMILES string of the molecule is C=C(COCC(=C)C(=O)OCCOC)C(=O)OCCOC. The second kappa shape index (κ2) is 12.1. The summed E-state index contributed by atoms with van der Waals surface area (Å²) in [5, 5.41) is 0. The molecule has 120 valence electrons. The van der Waals surface area contributed by atoms with Crippen LogP contribution in [-0.4, -0.2) is 65.8 Å². The fraction of sp³-hybridized carbons (Fsp3) is 0.571. The predicted octanol–water partition coefficient (Wildman–Crippen LogP) is 0.495. The Kier molecular flexibility index (Phi) is 11.1. The molecule has 7 nitrogen and oxygen atoms in total. The molecule has 0 aliphatic heterocycles. The van der Waals surface area contributed by atoms with E-state index in [1.807, 2.05) is 0 Å². The van der Waals surface area contributed by atoms with E-state index in [4.69, 9.17) is 23.7 Å². The number of ether oxygens (including phenoxy) is 5. The highest BCUT2D eigenvalue weighted by Crippen LogP contribution is 2.00. The first-order valence-corrected chi connectivity index (χ1v) is 6.28. The molecule has 0 radical (unpaired) electrons. The Morgan fingerprint density at radius 3 is 1.48 bits per heavy atom. The van der Waals surface area contributed by atoms with Crippen LogP contribution in [0.3, 0.4) is 0 Å². The van der Waals surface area contributed by atoms with E-state index < -0.39 is 11.9 Å². The molecule has 0 saturated carbocycles. The first-order chi connectivity index (χ1) is 10.0. The molecule has 0 aromatic carbocycles. The highest BCUT2D eigenvalue weighted by molar-refractivity contribution is 5.88. The predicted molar refractivity (Wildman–Crippen MR) is 74.8 cm³/mol. The number of hydrogen-bond donors (Lipinski definition) is 0. The fourth-order valence-electron chi connectivity index (χ4n) is 1.05. The second-order valence-corrected chi connectivity index (χ2v) is 3.96. The van der Waals surface area contributed by atoms with Crippen molar-refractivity contribution in [3.63, 3.8) is 0 Å². The van der Waals surface area contributed by atoms with Gasteiger partial charge in [0, 0.05) is 14.2 Å². The third kappa shape index (κ3) is 9.78. The van der Waals surface area contributed by atoms with Crippen LogP contribution >= 0.6 is 0 Å². The highest BCUT2D eigenvalue weighted by Gasteiger charge is 2.11. The zero-order valence-electron chi connectivity index (χ0n) is 12.5. The van der Waals surface area contributed by atoms with E-state index in [2.05, 4.69) is 13.2 Å². The van der Waals surface area contributed by atoms with Gasteiger partial charge in [-0.3, -0.25) is 0 Å². The van der Waals surface area contributed by atoms with Crippen molar-refractivity contribution >= 4 is 11.9 Å². The van der Waals surface area contributed by atoms with Crippen LogP contribution in [0.5, 0.6) is 0 Å². The van der Waals surface area contributed by atoms with E-state index in [9.17, 15) is 9.59 Å². The molecule has 0 spiro atoms. The first kappa shape index (κ1) is 19.3. The average Bonchev–Trinajstić information content (AvgIpc) is 2.47. The number of rotatable bonds is 12. The van der Waals surface area contributed by atoms with Crippen molar-refractivity contribution in [3.8, 4) is 0 Å². The van der Waals surface area contributed by atoms with Crippen molar-refractivity contribution in [1.82, 2.24) is 0 Å². The van der Waals surface area contributed by atoms with Gasteiger partial charge in [0.1, 0.15) is 13.2 Å². The fourth-order valence-corrected chi connectivity index (χ4v) is 1.05. The molecule has 0 heterocycles. The van der Waals surface area contributed by atoms with Gasteiger partial charge in [-0.15, -0.1) is 0 Å². The van der Waals surface area contributed by atoms with Crippen molar-refractivity contribution in [2.24, 2.45) is 0 Å². The maximum absolute atomic E-state index is 11.4. The quantitative estimate of drug-likeness (QED) is 0.295. The van der Waals surface area contributed by atoms with Gasteiger partial charge in [0.05, 0.1) is 37.6 Å². The molecular formula is C14H22O7. The molecule has 0 N–H and O–H groups in total. The minimum absolute atomic E-state index is 0.0593. The van der Waals surface area contributed by atoms with Crippen molar-refractivity contribution < 1.29 is 33.3 Å². The molecule has 0 aliphatic rings. The molecule has 0 aliphatic carbocycles. The van der Waals surface area contributed by atoms with Gasteiger partial charge in [0.2, 0.25) is 0 Å². The molecule has 7 heteroatoms. The summed E-state index contributed by atoms with van der Waals surface area (Å²) in [4.78, 5) is 22.8. The van der Waals surface area contributed by atoms with Crippen LogP contribution < -0.4 is 0 Å². The Morgan fingerprint density at radius 2 is 1.14 bits per heavy atom. The van der Waals surface area contributed by atoms with Crippen LogP contribution in [0.15, 0.2) is 24.3 Å². The van der Waals surface area contributed by atoms with Gasteiger partial charge in [-0.25, -0.2) is 9.59 Å². The Bertz CT molecular complexity index is 328. The Hall–Kier alpha value is -1.70. The summed E-state index contributed by atoms with van der Waals surface area (Å²) >= 11 is 0. The third-order valence-electron chi connectivity index (χ3n) is 2.17. The van der Waals surface area contributed by atoms with E-state index in [1.165, 1.54) is 14.2 Å². The number of esters is 2. The molecule has 0 bridgehead atoms. The van der Waals surface area contributed by atoms with E-state index in [0.29, 0.717) is 13.2 Å². The van der Waals surface area contributed by atoms with Gasteiger partial charge in [-0.05, 0) is 0 Å². The summed E-state index contributed by atoms with van der Waals surface area (Å²) < 4.78 is 24.3. The van der Waals surface area contributed by atoms with Gasteiger partial charge >= 0.3 is 11.9 Å². The summed E-state index contributed by atoms with van der Waals surface area (Å²) in [5.41, 5.74) is 0.290. The van der Waals surface area contributed by atoms with Gasteiger partial charge in [-0.2, -0.15) is 0 Å². The lowest BCUT2D eigenvalue weighted by Crippen LogP contribution is -2.17. The minimum atomic E-state index is -0.569. The molecule has 21 heavy (non-hydrogen) atoms. The average molecular weight is 302 g/mol. The molecule has 0 amide bonds. The van der Waals surface area contributed by atoms with Crippen LogP contribution in [0, 0.1) is 0 Å². The largest absolute Gasteiger partial charge is 0.460 e. The van der Waals surface area contributed by atoms with Crippen LogP contribution in [-0.2, 0) is 33.3 Å². The van der Waals surface area contributed by atoms with Crippen LogP contribution in [0.25, 0.3) is 0 Å². The molecule has 0 aromatic heterocycles. The zero-order chi connectivity index (χ0) is 16.1. The topological polar surface area (TPSA) is 80.3 Å². The minimum Gasteiger partial charge on any atom is -0.460 e. The van der Waals surface area contributed by atoms with Crippen molar-refractivity contribution in [1.29, 1.82) is 0 Å². The van der Waals surface area contributed by atoms with Crippen LogP contribution in [0.1, 0.15) is 0 Å². The standard InChI is InChI=1S/C14H22O7/c1-11(13(15)20-7-5-17-3)9-19-10-12(2)14(16)21-8-6-18-4/h1-2,5-10H2,3-4H3. The molecular weight excluding hydrogens is 280 g/mol. The molecule has 0 fully saturated rings. The molecule has 0 atom stereocenters. The number of carbonyl (C=O) groups excluding carboxylic acids is 2. The smallest absolute Gasteiger partial charge is 0.335 e. The van der Waals surface area contributed by atoms with Gasteiger partial charge in [0.15, 0.2) is 0 Å². The monoisotopic (exact) mass is 302 g/mol. The molecule has 0 saturated heterocycles. The van der Waals surface area contributed by atoms with E-state index in [-0.39, 0.29) is 37.6 Å². The Balaban J connectivity index is 3.81. The number of methoxy groups -OCH3 is 2. The molecule has 0 unspecified atom stereocenters. The molecule has 0 rings (SSSR count). The van der Waals surface area contributed by atoms with Crippen molar-refractivity contribution in [3.05, 3.63) is 24.3 Å². The van der Waals surface area contributed by atoms with E-state index in [0.717, 1.165) is 0 Å². The number of carbonyl (C=O) groups is 2. The lowest BCUT2D eigenvalue weighted by molar-refractivity contribution is -0.140. The maximum atomic E-state index is 11.4. The van der Waals surface area contributed by atoms with E-state index >= 15 is 0 Å². The van der Waals surface area contributed by atoms with Crippen LogP contribution in [0.4, 0.5) is 0 Å². The zero-order valence-corrected chi connectivity index (χ0v) is 12.5. The second-order valence-electron chi connectivity index (χ2n) is 3.96. The maximum Gasteiger partial charge on any atom is 0.335 e.